The van der Waals surface area contributed by atoms with Crippen LogP contribution in [0.4, 0.5) is 0 Å². The Kier molecular flexibility index (Phi) is 58.3. The zero-order chi connectivity index (χ0) is 52.9. The van der Waals surface area contributed by atoms with Crippen LogP contribution in [0.1, 0.15) is 303 Å². The Balaban J connectivity index is 4.28. The molecular formula is C67H116O6. The number of carbonyl (C=O) groups is 3. The van der Waals surface area contributed by atoms with Crippen LogP contribution in [-0.2, 0) is 28.6 Å². The molecule has 1 atom stereocenters. The molecule has 0 aliphatic rings. The lowest BCUT2D eigenvalue weighted by molar-refractivity contribution is -0.167. The van der Waals surface area contributed by atoms with Crippen LogP contribution >= 0.6 is 0 Å². The van der Waals surface area contributed by atoms with E-state index in [1.54, 1.807) is 0 Å². The molecule has 0 radical (unpaired) electrons. The SMILES string of the molecule is CC/C=C\C/C=C\C/C=C\C/C=C\C/C=C\CCCCCCCCCCCCCC(=O)OCC(COC(=O)CCCCCCCCCCCCCCC)OC(=O)CCCCCCC/C=C\C/C=C\CCCCC. The highest BCUT2D eigenvalue weighted by atomic mass is 16.6. The van der Waals surface area contributed by atoms with Gasteiger partial charge in [-0.15, -0.1) is 0 Å². The third-order valence-corrected chi connectivity index (χ3v) is 13.4. The van der Waals surface area contributed by atoms with Crippen LogP contribution < -0.4 is 0 Å². The summed E-state index contributed by atoms with van der Waals surface area (Å²) in [4.78, 5) is 38.2. The molecule has 0 bridgehead atoms. The molecule has 0 aromatic heterocycles. The van der Waals surface area contributed by atoms with E-state index in [9.17, 15) is 14.4 Å². The van der Waals surface area contributed by atoms with Gasteiger partial charge in [-0.2, -0.15) is 0 Å². The minimum atomic E-state index is -0.783. The van der Waals surface area contributed by atoms with Gasteiger partial charge in [0.05, 0.1) is 0 Å². The van der Waals surface area contributed by atoms with Gasteiger partial charge in [0.2, 0.25) is 0 Å². The zero-order valence-electron chi connectivity index (χ0n) is 48.1. The molecule has 0 saturated heterocycles. The summed E-state index contributed by atoms with van der Waals surface area (Å²) in [6.45, 7) is 6.51. The first-order chi connectivity index (χ1) is 36.0. The maximum atomic E-state index is 12.9. The normalized spacial score (nSPS) is 12.6. The molecule has 0 rings (SSSR count). The minimum absolute atomic E-state index is 0.0798. The summed E-state index contributed by atoms with van der Waals surface area (Å²) < 4.78 is 16.9. The molecule has 0 spiro atoms. The summed E-state index contributed by atoms with van der Waals surface area (Å²) in [7, 11) is 0. The summed E-state index contributed by atoms with van der Waals surface area (Å²) in [6.07, 6.45) is 80.1. The highest BCUT2D eigenvalue weighted by Crippen LogP contribution is 2.16. The van der Waals surface area contributed by atoms with E-state index in [0.717, 1.165) is 116 Å². The fraction of sp³-hybridized carbons (Fsp3) is 0.746. The largest absolute Gasteiger partial charge is 0.462 e. The molecule has 0 aromatic carbocycles. The van der Waals surface area contributed by atoms with Crippen molar-refractivity contribution >= 4 is 17.9 Å². The Labute approximate surface area is 452 Å². The molecule has 420 valence electrons. The standard InChI is InChI=1S/C67H116O6/c1-4-7-10-13-16-19-22-25-27-28-29-30-31-32-33-34-35-36-37-38-40-42-45-48-51-54-57-60-66(69)72-63-64(62-71-65(68)59-56-53-50-47-44-41-24-21-18-15-12-9-6-3)73-67(70)61-58-55-52-49-46-43-39-26-23-20-17-14-11-8-5-2/h7,10,16-17,19-20,25-27,29-30,32-33,39,64H,4-6,8-9,11-15,18,21-24,28,31,34-38,40-63H2,1-3H3/b10-7-,19-16-,20-17-,27-25-,30-29-,33-32-,39-26-. The average Bonchev–Trinajstić information content (AvgIpc) is 3.39. The molecule has 0 aliphatic carbocycles. The van der Waals surface area contributed by atoms with Crippen LogP contribution in [0, 0.1) is 0 Å². The van der Waals surface area contributed by atoms with Crippen molar-refractivity contribution in [2.45, 2.75) is 309 Å². The van der Waals surface area contributed by atoms with Crippen LogP contribution in [0.2, 0.25) is 0 Å². The van der Waals surface area contributed by atoms with Gasteiger partial charge < -0.3 is 14.2 Å². The van der Waals surface area contributed by atoms with Crippen LogP contribution in [-0.4, -0.2) is 37.2 Å². The second-order valence-electron chi connectivity index (χ2n) is 20.6. The fourth-order valence-corrected chi connectivity index (χ4v) is 8.74. The minimum Gasteiger partial charge on any atom is -0.462 e. The lowest BCUT2D eigenvalue weighted by atomic mass is 10.0. The van der Waals surface area contributed by atoms with Gasteiger partial charge in [0, 0.05) is 19.3 Å². The molecule has 0 aliphatic heterocycles. The zero-order valence-corrected chi connectivity index (χ0v) is 48.1. The highest BCUT2D eigenvalue weighted by molar-refractivity contribution is 5.71. The number of unbranched alkanes of at least 4 members (excludes halogenated alkanes) is 31. The van der Waals surface area contributed by atoms with E-state index in [0.29, 0.717) is 19.3 Å². The maximum Gasteiger partial charge on any atom is 0.306 e. The maximum absolute atomic E-state index is 12.9. The molecule has 0 saturated carbocycles. The molecule has 0 N–H and O–H groups in total. The molecule has 6 nitrogen and oxygen atoms in total. The number of carbonyl (C=O) groups excluding carboxylic acids is 3. The number of allylic oxidation sites excluding steroid dienone is 14. The lowest BCUT2D eigenvalue weighted by Crippen LogP contribution is -2.30. The summed E-state index contributed by atoms with van der Waals surface area (Å²) >= 11 is 0. The van der Waals surface area contributed by atoms with Crippen molar-refractivity contribution in [1.29, 1.82) is 0 Å². The van der Waals surface area contributed by atoms with E-state index in [1.807, 2.05) is 0 Å². The van der Waals surface area contributed by atoms with Crippen molar-refractivity contribution in [1.82, 2.24) is 0 Å². The molecule has 1 unspecified atom stereocenters. The summed E-state index contributed by atoms with van der Waals surface area (Å²) in [5.74, 6) is -0.886. The molecule has 0 aromatic rings. The molecule has 0 heterocycles. The van der Waals surface area contributed by atoms with Crippen molar-refractivity contribution in [3.8, 4) is 0 Å². The quantitative estimate of drug-likeness (QED) is 0.0261. The number of hydrogen-bond donors (Lipinski definition) is 0. The van der Waals surface area contributed by atoms with E-state index in [2.05, 4.69) is 106 Å². The van der Waals surface area contributed by atoms with E-state index in [-0.39, 0.29) is 31.1 Å². The van der Waals surface area contributed by atoms with Crippen molar-refractivity contribution in [2.75, 3.05) is 13.2 Å². The molecule has 6 heteroatoms. The van der Waals surface area contributed by atoms with Crippen LogP contribution in [0.25, 0.3) is 0 Å². The monoisotopic (exact) mass is 1020 g/mol. The fourth-order valence-electron chi connectivity index (χ4n) is 8.74. The number of hydrogen-bond acceptors (Lipinski definition) is 6. The summed E-state index contributed by atoms with van der Waals surface area (Å²) in [5.41, 5.74) is 0. The Hall–Kier alpha value is -3.41. The predicted molar refractivity (Wildman–Crippen MR) is 316 cm³/mol. The summed E-state index contributed by atoms with van der Waals surface area (Å²) in [6, 6.07) is 0. The number of esters is 3. The molecule has 73 heavy (non-hydrogen) atoms. The lowest BCUT2D eigenvalue weighted by Gasteiger charge is -2.18. The van der Waals surface area contributed by atoms with E-state index < -0.39 is 6.10 Å². The van der Waals surface area contributed by atoms with Crippen molar-refractivity contribution in [3.63, 3.8) is 0 Å². The van der Waals surface area contributed by atoms with Gasteiger partial charge in [-0.25, -0.2) is 0 Å². The Morgan fingerprint density at radius 1 is 0.288 bits per heavy atom. The van der Waals surface area contributed by atoms with Crippen LogP contribution in [0.5, 0.6) is 0 Å². The number of ether oxygens (including phenoxy) is 3. The average molecular weight is 1020 g/mol. The predicted octanol–water partition coefficient (Wildman–Crippen LogP) is 21.1. The van der Waals surface area contributed by atoms with Gasteiger partial charge in [-0.05, 0) is 96.3 Å². The Morgan fingerprint density at radius 2 is 0.534 bits per heavy atom. The molecule has 0 fully saturated rings. The topological polar surface area (TPSA) is 78.9 Å². The smallest absolute Gasteiger partial charge is 0.306 e. The Morgan fingerprint density at radius 3 is 0.863 bits per heavy atom. The first-order valence-corrected chi connectivity index (χ1v) is 31.1. The van der Waals surface area contributed by atoms with Gasteiger partial charge in [0.1, 0.15) is 13.2 Å². The Bertz CT molecular complexity index is 1400. The first kappa shape index (κ1) is 69.6. The van der Waals surface area contributed by atoms with Gasteiger partial charge in [0.15, 0.2) is 6.10 Å². The second kappa shape index (κ2) is 61.1. The van der Waals surface area contributed by atoms with Crippen molar-refractivity contribution < 1.29 is 28.6 Å². The summed E-state index contributed by atoms with van der Waals surface area (Å²) in [5, 5.41) is 0. The van der Waals surface area contributed by atoms with Crippen LogP contribution in [0.15, 0.2) is 85.1 Å². The first-order valence-electron chi connectivity index (χ1n) is 31.1. The van der Waals surface area contributed by atoms with Gasteiger partial charge in [-0.3, -0.25) is 14.4 Å². The van der Waals surface area contributed by atoms with Gasteiger partial charge in [0.25, 0.3) is 0 Å². The third-order valence-electron chi connectivity index (χ3n) is 13.4. The van der Waals surface area contributed by atoms with Crippen LogP contribution in [0.3, 0.4) is 0 Å². The van der Waals surface area contributed by atoms with E-state index >= 15 is 0 Å². The molecule has 0 amide bonds. The number of rotatable bonds is 56. The third kappa shape index (κ3) is 59.3. The molecular weight excluding hydrogens is 901 g/mol. The van der Waals surface area contributed by atoms with E-state index in [1.165, 1.54) is 148 Å². The van der Waals surface area contributed by atoms with Gasteiger partial charge in [-0.1, -0.05) is 273 Å². The highest BCUT2D eigenvalue weighted by Gasteiger charge is 2.19. The van der Waals surface area contributed by atoms with E-state index in [4.69, 9.17) is 14.2 Å². The van der Waals surface area contributed by atoms with Gasteiger partial charge >= 0.3 is 17.9 Å². The van der Waals surface area contributed by atoms with Crippen molar-refractivity contribution in [3.05, 3.63) is 85.1 Å². The van der Waals surface area contributed by atoms with Crippen molar-refractivity contribution in [2.24, 2.45) is 0 Å². The second-order valence-corrected chi connectivity index (χ2v) is 20.6.